The maximum Gasteiger partial charge on any atom is 0.137 e. The highest BCUT2D eigenvalue weighted by molar-refractivity contribution is 6.30. The van der Waals surface area contributed by atoms with Gasteiger partial charge in [-0.05, 0) is 37.9 Å². The van der Waals surface area contributed by atoms with Gasteiger partial charge in [-0.2, -0.15) is 0 Å². The topological polar surface area (TPSA) is 44.0 Å². The standard InChI is InChI=1S/C17H25ClN4O/c18-15-4-5-17-19-16(14-22(17)12-15)13-21-9-7-20(8-10-21)6-2-1-3-11-23/h4-5,12,14,23H,1-3,6-11,13H2. The Morgan fingerprint density at radius 1 is 1.00 bits per heavy atom. The van der Waals surface area contributed by atoms with Gasteiger partial charge in [0.25, 0.3) is 0 Å². The molecule has 0 saturated carbocycles. The molecule has 2 aromatic heterocycles. The Bertz CT molecular complexity index is 622. The quantitative estimate of drug-likeness (QED) is 0.788. The zero-order valence-electron chi connectivity index (χ0n) is 13.5. The molecule has 1 aliphatic heterocycles. The number of aliphatic hydroxyl groups excluding tert-OH is 1. The van der Waals surface area contributed by atoms with Crippen LogP contribution in [0.5, 0.6) is 0 Å². The van der Waals surface area contributed by atoms with E-state index in [1.165, 1.54) is 6.42 Å². The van der Waals surface area contributed by atoms with Crippen molar-refractivity contribution < 1.29 is 5.11 Å². The van der Waals surface area contributed by atoms with Gasteiger partial charge in [0.2, 0.25) is 0 Å². The molecule has 1 fully saturated rings. The summed E-state index contributed by atoms with van der Waals surface area (Å²) in [5.74, 6) is 0. The van der Waals surface area contributed by atoms with Gasteiger partial charge >= 0.3 is 0 Å². The molecule has 126 valence electrons. The number of rotatable bonds is 7. The van der Waals surface area contributed by atoms with Crippen LogP contribution in [0.2, 0.25) is 5.02 Å². The van der Waals surface area contributed by atoms with Crippen molar-refractivity contribution in [2.45, 2.75) is 25.8 Å². The normalized spacial score (nSPS) is 17.1. The van der Waals surface area contributed by atoms with Gasteiger partial charge in [-0.15, -0.1) is 0 Å². The van der Waals surface area contributed by atoms with Crippen molar-refractivity contribution in [2.75, 3.05) is 39.3 Å². The Hall–Kier alpha value is -1.14. The van der Waals surface area contributed by atoms with Crippen molar-refractivity contribution in [3.8, 4) is 0 Å². The lowest BCUT2D eigenvalue weighted by Crippen LogP contribution is -2.46. The van der Waals surface area contributed by atoms with Crippen molar-refractivity contribution in [3.05, 3.63) is 35.2 Å². The summed E-state index contributed by atoms with van der Waals surface area (Å²) >= 11 is 6.02. The summed E-state index contributed by atoms with van der Waals surface area (Å²) in [4.78, 5) is 9.65. The Kier molecular flexibility index (Phi) is 5.89. The summed E-state index contributed by atoms with van der Waals surface area (Å²) < 4.78 is 2.00. The van der Waals surface area contributed by atoms with E-state index in [4.69, 9.17) is 16.7 Å². The molecule has 3 heterocycles. The first kappa shape index (κ1) is 16.7. The minimum absolute atomic E-state index is 0.317. The molecule has 0 aromatic carbocycles. The molecule has 0 bridgehead atoms. The van der Waals surface area contributed by atoms with Crippen molar-refractivity contribution in [2.24, 2.45) is 0 Å². The highest BCUT2D eigenvalue weighted by atomic mass is 35.5. The predicted octanol–water partition coefficient (Wildman–Crippen LogP) is 2.27. The van der Waals surface area contributed by atoms with Crippen LogP contribution >= 0.6 is 11.6 Å². The molecule has 0 atom stereocenters. The third kappa shape index (κ3) is 4.67. The van der Waals surface area contributed by atoms with Crippen LogP contribution in [0.3, 0.4) is 0 Å². The van der Waals surface area contributed by atoms with Gasteiger partial charge in [0, 0.05) is 51.7 Å². The first-order valence-electron chi connectivity index (χ1n) is 8.43. The number of fused-ring (bicyclic) bond motifs is 1. The number of aromatic nitrogens is 2. The maximum absolute atomic E-state index is 8.81. The number of imidazole rings is 1. The van der Waals surface area contributed by atoms with Crippen molar-refractivity contribution >= 4 is 17.2 Å². The lowest BCUT2D eigenvalue weighted by molar-refractivity contribution is 0.124. The smallest absolute Gasteiger partial charge is 0.137 e. The second-order valence-electron chi connectivity index (χ2n) is 6.25. The molecule has 6 heteroatoms. The van der Waals surface area contributed by atoms with E-state index < -0.39 is 0 Å². The van der Waals surface area contributed by atoms with E-state index >= 15 is 0 Å². The monoisotopic (exact) mass is 336 g/mol. The number of aliphatic hydroxyl groups is 1. The maximum atomic E-state index is 8.81. The Morgan fingerprint density at radius 3 is 2.57 bits per heavy atom. The summed E-state index contributed by atoms with van der Waals surface area (Å²) in [6.45, 7) is 6.80. The Morgan fingerprint density at radius 2 is 1.78 bits per heavy atom. The third-order valence-corrected chi connectivity index (χ3v) is 4.67. The number of hydrogen-bond acceptors (Lipinski definition) is 4. The zero-order chi connectivity index (χ0) is 16.1. The van der Waals surface area contributed by atoms with Crippen molar-refractivity contribution in [3.63, 3.8) is 0 Å². The molecular formula is C17H25ClN4O. The van der Waals surface area contributed by atoms with Crippen LogP contribution in [0.25, 0.3) is 5.65 Å². The summed E-state index contributed by atoms with van der Waals surface area (Å²) in [6.07, 6.45) is 7.21. The lowest BCUT2D eigenvalue weighted by atomic mass is 10.2. The molecule has 0 unspecified atom stereocenters. The average molecular weight is 337 g/mol. The summed E-state index contributed by atoms with van der Waals surface area (Å²) in [7, 11) is 0. The average Bonchev–Trinajstić information content (AvgIpc) is 2.94. The molecular weight excluding hydrogens is 312 g/mol. The van der Waals surface area contributed by atoms with E-state index in [0.717, 1.165) is 68.5 Å². The van der Waals surface area contributed by atoms with Crippen molar-refractivity contribution in [1.82, 2.24) is 19.2 Å². The number of pyridine rings is 1. The third-order valence-electron chi connectivity index (χ3n) is 4.45. The van der Waals surface area contributed by atoms with E-state index in [1.54, 1.807) is 0 Å². The fraction of sp³-hybridized carbons (Fsp3) is 0.588. The molecule has 1 N–H and O–H groups in total. The zero-order valence-corrected chi connectivity index (χ0v) is 14.3. The Labute approximate surface area is 142 Å². The van der Waals surface area contributed by atoms with Crippen LogP contribution in [-0.2, 0) is 6.54 Å². The number of nitrogens with zero attached hydrogens (tertiary/aromatic N) is 4. The second kappa shape index (κ2) is 8.11. The van der Waals surface area contributed by atoms with Crippen LogP contribution in [0.4, 0.5) is 0 Å². The molecule has 3 rings (SSSR count). The van der Waals surface area contributed by atoms with Gasteiger partial charge in [-0.25, -0.2) is 4.98 Å². The van der Waals surface area contributed by atoms with Crippen LogP contribution in [0.1, 0.15) is 25.0 Å². The van der Waals surface area contributed by atoms with E-state index in [2.05, 4.69) is 21.0 Å². The number of halogens is 1. The van der Waals surface area contributed by atoms with Gasteiger partial charge in [-0.3, -0.25) is 4.90 Å². The lowest BCUT2D eigenvalue weighted by Gasteiger charge is -2.34. The van der Waals surface area contributed by atoms with E-state index in [-0.39, 0.29) is 0 Å². The van der Waals surface area contributed by atoms with Crippen molar-refractivity contribution in [1.29, 1.82) is 0 Å². The van der Waals surface area contributed by atoms with Crippen LogP contribution in [-0.4, -0.2) is 63.6 Å². The summed E-state index contributed by atoms with van der Waals surface area (Å²) in [5.41, 5.74) is 2.05. The van der Waals surface area contributed by atoms with E-state index in [9.17, 15) is 0 Å². The molecule has 0 spiro atoms. The molecule has 0 amide bonds. The van der Waals surface area contributed by atoms with Gasteiger partial charge in [0.15, 0.2) is 0 Å². The minimum atomic E-state index is 0.317. The van der Waals surface area contributed by atoms with E-state index in [0.29, 0.717) is 6.61 Å². The van der Waals surface area contributed by atoms with Gasteiger partial charge < -0.3 is 14.4 Å². The predicted molar refractivity (Wildman–Crippen MR) is 92.9 cm³/mol. The Balaban J connectivity index is 1.46. The highest BCUT2D eigenvalue weighted by Crippen LogP contribution is 2.14. The van der Waals surface area contributed by atoms with Gasteiger partial charge in [0.1, 0.15) is 5.65 Å². The fourth-order valence-corrected chi connectivity index (χ4v) is 3.29. The minimum Gasteiger partial charge on any atom is -0.396 e. The van der Waals surface area contributed by atoms with Crippen LogP contribution in [0, 0.1) is 0 Å². The first-order valence-corrected chi connectivity index (χ1v) is 8.81. The molecule has 23 heavy (non-hydrogen) atoms. The summed E-state index contributed by atoms with van der Waals surface area (Å²) in [6, 6.07) is 3.83. The number of unbranched alkanes of at least 4 members (excludes halogenated alkanes) is 2. The fourth-order valence-electron chi connectivity index (χ4n) is 3.12. The van der Waals surface area contributed by atoms with Crippen LogP contribution in [0.15, 0.2) is 24.5 Å². The molecule has 0 aliphatic carbocycles. The second-order valence-corrected chi connectivity index (χ2v) is 6.68. The summed E-state index contributed by atoms with van der Waals surface area (Å²) in [5, 5.41) is 9.54. The van der Waals surface area contributed by atoms with Gasteiger partial charge in [0.05, 0.1) is 10.7 Å². The largest absolute Gasteiger partial charge is 0.396 e. The van der Waals surface area contributed by atoms with Gasteiger partial charge in [-0.1, -0.05) is 11.6 Å². The highest BCUT2D eigenvalue weighted by Gasteiger charge is 2.17. The molecule has 1 saturated heterocycles. The first-order chi connectivity index (χ1) is 11.2. The number of hydrogen-bond donors (Lipinski definition) is 1. The van der Waals surface area contributed by atoms with E-state index in [1.807, 2.05) is 22.7 Å². The molecule has 2 aromatic rings. The molecule has 0 radical (unpaired) electrons. The van der Waals surface area contributed by atoms with Crippen LogP contribution < -0.4 is 0 Å². The number of piperazine rings is 1. The molecule has 5 nitrogen and oxygen atoms in total. The molecule has 1 aliphatic rings. The SMILES string of the molecule is OCCCCCN1CCN(Cc2cn3cc(Cl)ccc3n2)CC1.